The number of ether oxygens (including phenoxy) is 1. The Balaban J connectivity index is 1.97. The van der Waals surface area contributed by atoms with E-state index >= 15 is 0 Å². The largest absolute Gasteiger partial charge is 0.490 e. The molecule has 0 aromatic heterocycles. The Bertz CT molecular complexity index is 577. The Morgan fingerprint density at radius 2 is 2.18 bits per heavy atom. The molecule has 0 spiro atoms. The summed E-state index contributed by atoms with van der Waals surface area (Å²) in [5.41, 5.74) is -0.0301. The summed E-state index contributed by atoms with van der Waals surface area (Å²) in [6.07, 6.45) is 3.39. The van der Waals surface area contributed by atoms with Gasteiger partial charge in [-0.1, -0.05) is 17.7 Å². The predicted molar refractivity (Wildman–Crippen MR) is 86.1 cm³/mol. The summed E-state index contributed by atoms with van der Waals surface area (Å²) in [5, 5.41) is 15.6. The first-order valence-electron chi connectivity index (χ1n) is 7.47. The molecule has 1 aliphatic rings. The second-order valence-corrected chi connectivity index (χ2v) is 5.76. The molecule has 22 heavy (non-hydrogen) atoms. The molecule has 2 N–H and O–H groups in total. The van der Waals surface area contributed by atoms with Crippen molar-refractivity contribution in [3.8, 4) is 11.8 Å². The molecule has 6 heteroatoms. The number of nitriles is 1. The zero-order valence-corrected chi connectivity index (χ0v) is 13.4. The monoisotopic (exact) mass is 321 g/mol. The van der Waals surface area contributed by atoms with Crippen LogP contribution in [-0.2, 0) is 4.79 Å². The molecular weight excluding hydrogens is 302 g/mol. The molecule has 1 fully saturated rings. The van der Waals surface area contributed by atoms with Gasteiger partial charge in [-0.15, -0.1) is 0 Å². The molecule has 2 rings (SSSR count). The third-order valence-corrected chi connectivity index (χ3v) is 4.04. The molecule has 1 aromatic carbocycles. The van der Waals surface area contributed by atoms with Crippen LogP contribution in [0.1, 0.15) is 32.6 Å². The highest BCUT2D eigenvalue weighted by Crippen LogP contribution is 2.33. The first kappa shape index (κ1) is 16.4. The number of amides is 1. The van der Waals surface area contributed by atoms with Crippen LogP contribution in [0.2, 0.25) is 5.02 Å². The minimum absolute atomic E-state index is 0.0733. The fourth-order valence-corrected chi connectivity index (χ4v) is 2.90. The van der Waals surface area contributed by atoms with Crippen LogP contribution >= 0.6 is 11.6 Å². The maximum absolute atomic E-state index is 12.1. The van der Waals surface area contributed by atoms with Gasteiger partial charge in [0.2, 0.25) is 5.91 Å². The maximum atomic E-state index is 12.1. The van der Waals surface area contributed by atoms with E-state index in [4.69, 9.17) is 16.3 Å². The van der Waals surface area contributed by atoms with Crippen LogP contribution < -0.4 is 15.4 Å². The number of carbonyl (C=O) groups is 1. The lowest BCUT2D eigenvalue weighted by Gasteiger charge is -2.22. The number of benzene rings is 1. The fourth-order valence-electron chi connectivity index (χ4n) is 2.67. The Morgan fingerprint density at radius 1 is 1.45 bits per heavy atom. The lowest BCUT2D eigenvalue weighted by atomic mass is 10.00. The molecule has 5 nitrogen and oxygen atoms in total. The van der Waals surface area contributed by atoms with Gasteiger partial charge in [0.15, 0.2) is 5.75 Å². The second-order valence-electron chi connectivity index (χ2n) is 5.35. The standard InChI is InChI=1S/C16H20ClN3O2/c1-2-22-15-12(17)6-5-7-13(15)19-10-14(21)20-16(11-18)8-3-4-9-16/h5-7,19H,2-4,8-10H2,1H3,(H,20,21). The molecule has 0 radical (unpaired) electrons. The van der Waals surface area contributed by atoms with Gasteiger partial charge >= 0.3 is 0 Å². The third kappa shape index (κ3) is 3.83. The third-order valence-electron chi connectivity index (χ3n) is 3.74. The number of nitrogens with zero attached hydrogens (tertiary/aromatic N) is 1. The van der Waals surface area contributed by atoms with Crippen LogP contribution in [0, 0.1) is 11.3 Å². The number of carbonyl (C=O) groups excluding carboxylic acids is 1. The van der Waals surface area contributed by atoms with Crippen molar-refractivity contribution in [2.75, 3.05) is 18.5 Å². The van der Waals surface area contributed by atoms with Crippen molar-refractivity contribution in [1.29, 1.82) is 5.26 Å². The van der Waals surface area contributed by atoms with E-state index in [1.54, 1.807) is 18.2 Å². The van der Waals surface area contributed by atoms with Gasteiger partial charge < -0.3 is 15.4 Å². The minimum atomic E-state index is -0.699. The van der Waals surface area contributed by atoms with Gasteiger partial charge in [-0.05, 0) is 44.7 Å². The van der Waals surface area contributed by atoms with Crippen molar-refractivity contribution < 1.29 is 9.53 Å². The Labute approximate surface area is 135 Å². The summed E-state index contributed by atoms with van der Waals surface area (Å²) in [6, 6.07) is 7.57. The van der Waals surface area contributed by atoms with Gasteiger partial charge in [-0.25, -0.2) is 0 Å². The zero-order valence-electron chi connectivity index (χ0n) is 12.6. The Kier molecular flexibility index (Phi) is 5.51. The van der Waals surface area contributed by atoms with Gasteiger partial charge in [0.25, 0.3) is 0 Å². The highest BCUT2D eigenvalue weighted by atomic mass is 35.5. The number of hydrogen-bond donors (Lipinski definition) is 2. The normalized spacial score (nSPS) is 15.9. The van der Waals surface area contributed by atoms with Crippen LogP contribution in [0.3, 0.4) is 0 Å². The number of anilines is 1. The lowest BCUT2D eigenvalue weighted by Crippen LogP contribution is -2.47. The van der Waals surface area contributed by atoms with Crippen molar-refractivity contribution in [2.24, 2.45) is 0 Å². The SMILES string of the molecule is CCOc1c(Cl)cccc1NCC(=O)NC1(C#N)CCCC1. The number of rotatable bonds is 6. The summed E-state index contributed by atoms with van der Waals surface area (Å²) in [5.74, 6) is 0.334. The zero-order chi connectivity index (χ0) is 16.0. The summed E-state index contributed by atoms with van der Waals surface area (Å²) >= 11 is 6.10. The van der Waals surface area contributed by atoms with Gasteiger partial charge in [0.05, 0.1) is 29.9 Å². The molecule has 0 heterocycles. The maximum Gasteiger partial charge on any atom is 0.240 e. The topological polar surface area (TPSA) is 74.2 Å². The molecule has 0 saturated heterocycles. The van der Waals surface area contributed by atoms with Gasteiger partial charge in [0.1, 0.15) is 5.54 Å². The van der Waals surface area contributed by atoms with Crippen molar-refractivity contribution in [2.45, 2.75) is 38.1 Å². The quantitative estimate of drug-likeness (QED) is 0.844. The highest BCUT2D eigenvalue weighted by Gasteiger charge is 2.35. The molecule has 0 unspecified atom stereocenters. The van der Waals surface area contributed by atoms with E-state index in [1.807, 2.05) is 6.92 Å². The lowest BCUT2D eigenvalue weighted by molar-refractivity contribution is -0.120. The van der Waals surface area contributed by atoms with Crippen LogP contribution in [0.4, 0.5) is 5.69 Å². The molecule has 0 bridgehead atoms. The van der Waals surface area contributed by atoms with Crippen LogP contribution in [-0.4, -0.2) is 24.6 Å². The molecule has 0 aliphatic heterocycles. The molecule has 1 aromatic rings. The summed E-state index contributed by atoms with van der Waals surface area (Å²) in [7, 11) is 0. The van der Waals surface area contributed by atoms with E-state index in [-0.39, 0.29) is 12.5 Å². The van der Waals surface area contributed by atoms with Crippen LogP contribution in [0.15, 0.2) is 18.2 Å². The van der Waals surface area contributed by atoms with E-state index in [9.17, 15) is 10.1 Å². The van der Waals surface area contributed by atoms with Crippen LogP contribution in [0.25, 0.3) is 0 Å². The van der Waals surface area contributed by atoms with E-state index in [2.05, 4.69) is 16.7 Å². The smallest absolute Gasteiger partial charge is 0.240 e. The van der Waals surface area contributed by atoms with Crippen molar-refractivity contribution in [3.05, 3.63) is 23.2 Å². The Morgan fingerprint density at radius 3 is 2.82 bits per heavy atom. The summed E-state index contributed by atoms with van der Waals surface area (Å²) in [6.45, 7) is 2.43. The molecule has 1 aliphatic carbocycles. The molecule has 1 saturated carbocycles. The second kappa shape index (κ2) is 7.37. The molecule has 0 atom stereocenters. The summed E-state index contributed by atoms with van der Waals surface area (Å²) < 4.78 is 5.50. The molecular formula is C16H20ClN3O2. The molecule has 118 valence electrons. The number of nitrogens with one attached hydrogen (secondary N) is 2. The van der Waals surface area contributed by atoms with Crippen molar-refractivity contribution in [3.63, 3.8) is 0 Å². The van der Waals surface area contributed by atoms with Crippen LogP contribution in [0.5, 0.6) is 5.75 Å². The van der Waals surface area contributed by atoms with E-state index in [1.165, 1.54) is 0 Å². The van der Waals surface area contributed by atoms with Gasteiger partial charge in [-0.3, -0.25) is 4.79 Å². The summed E-state index contributed by atoms with van der Waals surface area (Å²) in [4.78, 5) is 12.1. The minimum Gasteiger partial charge on any atom is -0.490 e. The van der Waals surface area contributed by atoms with Gasteiger partial charge in [0, 0.05) is 0 Å². The average molecular weight is 322 g/mol. The van der Waals surface area contributed by atoms with E-state index in [0.717, 1.165) is 25.7 Å². The number of para-hydroxylation sites is 1. The van der Waals surface area contributed by atoms with E-state index in [0.29, 0.717) is 23.1 Å². The van der Waals surface area contributed by atoms with Crippen molar-refractivity contribution >= 4 is 23.2 Å². The van der Waals surface area contributed by atoms with E-state index < -0.39 is 5.54 Å². The average Bonchev–Trinajstić information content (AvgIpc) is 2.97. The first-order chi connectivity index (χ1) is 10.6. The predicted octanol–water partition coefficient (Wildman–Crippen LogP) is 3.10. The molecule has 1 amide bonds. The number of hydrogen-bond acceptors (Lipinski definition) is 4. The number of halogens is 1. The van der Waals surface area contributed by atoms with Gasteiger partial charge in [-0.2, -0.15) is 5.26 Å². The highest BCUT2D eigenvalue weighted by molar-refractivity contribution is 6.32. The Hall–Kier alpha value is -1.93. The van der Waals surface area contributed by atoms with Crippen molar-refractivity contribution in [1.82, 2.24) is 5.32 Å². The fraction of sp³-hybridized carbons (Fsp3) is 0.500. The first-order valence-corrected chi connectivity index (χ1v) is 7.85.